The molecule has 0 aliphatic carbocycles. The number of ether oxygens (including phenoxy) is 3. The van der Waals surface area contributed by atoms with Gasteiger partial charge in [0, 0.05) is 12.3 Å². The second kappa shape index (κ2) is 12.0. The van der Waals surface area contributed by atoms with E-state index in [4.69, 9.17) is 24.9 Å². The summed E-state index contributed by atoms with van der Waals surface area (Å²) in [5, 5.41) is 0. The first-order valence-corrected chi connectivity index (χ1v) is 14.1. The average Bonchev–Trinajstić information content (AvgIpc) is 2.85. The lowest BCUT2D eigenvalue weighted by atomic mass is 9.73. The number of benzene rings is 2. The van der Waals surface area contributed by atoms with E-state index in [-0.39, 0.29) is 19.6 Å². The molecule has 0 radical (unpaired) electrons. The topological polar surface area (TPSA) is 117 Å². The zero-order valence-corrected chi connectivity index (χ0v) is 25.0. The lowest BCUT2D eigenvalue weighted by Crippen LogP contribution is -2.42. The van der Waals surface area contributed by atoms with Crippen LogP contribution in [0.3, 0.4) is 0 Å². The van der Waals surface area contributed by atoms with Gasteiger partial charge in [-0.05, 0) is 76.3 Å². The molecule has 8 nitrogen and oxygen atoms in total. The summed E-state index contributed by atoms with van der Waals surface area (Å²) in [6, 6.07) is 11.4. The zero-order valence-electron chi connectivity index (χ0n) is 25.0. The Morgan fingerprint density at radius 2 is 1.78 bits per heavy atom. The van der Waals surface area contributed by atoms with Crippen LogP contribution in [0.2, 0.25) is 0 Å². The highest BCUT2D eigenvalue weighted by molar-refractivity contribution is 6.08. The van der Waals surface area contributed by atoms with Crippen LogP contribution in [0.25, 0.3) is 0 Å². The predicted octanol–water partition coefficient (Wildman–Crippen LogP) is 5.11. The van der Waals surface area contributed by atoms with Gasteiger partial charge in [-0.1, -0.05) is 42.0 Å². The summed E-state index contributed by atoms with van der Waals surface area (Å²) in [5.74, 6) is -3.14. The third-order valence-corrected chi connectivity index (χ3v) is 7.38. The maximum absolute atomic E-state index is 13.9. The molecule has 2 aliphatic heterocycles. The summed E-state index contributed by atoms with van der Waals surface area (Å²) in [6.45, 7) is 13.9. The van der Waals surface area contributed by atoms with E-state index >= 15 is 0 Å². The van der Waals surface area contributed by atoms with E-state index in [1.807, 2.05) is 53.7 Å². The number of rotatable bonds is 8. The molecule has 1 amide bonds. The first-order valence-electron chi connectivity index (χ1n) is 14.1. The van der Waals surface area contributed by atoms with Crippen LogP contribution in [0.1, 0.15) is 79.5 Å². The summed E-state index contributed by atoms with van der Waals surface area (Å²) in [7, 11) is 0. The van der Waals surface area contributed by atoms with Crippen molar-refractivity contribution < 1.29 is 28.6 Å². The van der Waals surface area contributed by atoms with Crippen LogP contribution in [0.5, 0.6) is 0 Å². The number of carbonyl (C=O) groups excluding carboxylic acids is 3. The zero-order chi connectivity index (χ0) is 30.1. The first kappa shape index (κ1) is 30.2. The molecule has 218 valence electrons. The van der Waals surface area contributed by atoms with Crippen LogP contribution < -0.4 is 5.73 Å². The van der Waals surface area contributed by atoms with Crippen LogP contribution >= 0.6 is 0 Å². The van der Waals surface area contributed by atoms with Crippen molar-refractivity contribution in [1.82, 2.24) is 0 Å². The number of nitrogens with zero attached hydrogens (tertiary/aromatic N) is 1. The highest BCUT2D eigenvalue weighted by atomic mass is 16.5. The Morgan fingerprint density at radius 1 is 1.10 bits per heavy atom. The Morgan fingerprint density at radius 3 is 2.39 bits per heavy atom. The van der Waals surface area contributed by atoms with Gasteiger partial charge in [-0.3, -0.25) is 14.6 Å². The van der Waals surface area contributed by atoms with Crippen molar-refractivity contribution in [2.75, 3.05) is 13.2 Å². The molecule has 3 unspecified atom stereocenters. The number of carbonyl (C=O) groups is 3. The molecular weight excluding hydrogens is 520 g/mol. The van der Waals surface area contributed by atoms with E-state index in [9.17, 15) is 14.4 Å². The van der Waals surface area contributed by atoms with E-state index in [0.717, 1.165) is 22.3 Å². The Labute approximate surface area is 242 Å². The highest BCUT2D eigenvalue weighted by Gasteiger charge is 2.47. The normalized spacial score (nSPS) is 20.7. The monoisotopic (exact) mass is 560 g/mol. The van der Waals surface area contributed by atoms with Gasteiger partial charge in [-0.15, -0.1) is 0 Å². The molecule has 0 saturated heterocycles. The Balaban J connectivity index is 1.89. The minimum Gasteiger partial charge on any atom is -0.465 e. The Kier molecular flexibility index (Phi) is 8.83. The molecule has 2 N–H and O–H groups in total. The van der Waals surface area contributed by atoms with Gasteiger partial charge in [0.1, 0.15) is 12.0 Å². The molecule has 4 rings (SSSR count). The lowest BCUT2D eigenvalue weighted by molar-refractivity contribution is -0.148. The summed E-state index contributed by atoms with van der Waals surface area (Å²) in [6.07, 6.45) is -0.127. The minimum absolute atomic E-state index is 0.0309. The van der Waals surface area contributed by atoms with Gasteiger partial charge in [-0.25, -0.2) is 4.79 Å². The van der Waals surface area contributed by atoms with E-state index in [1.54, 1.807) is 19.1 Å². The first-order chi connectivity index (χ1) is 19.3. The predicted molar refractivity (Wildman–Crippen MR) is 156 cm³/mol. The average molecular weight is 561 g/mol. The maximum atomic E-state index is 13.9. The molecule has 0 saturated carbocycles. The molecule has 0 fully saturated rings. The van der Waals surface area contributed by atoms with Crippen LogP contribution in [0, 0.1) is 26.7 Å². The molecule has 0 bridgehead atoms. The van der Waals surface area contributed by atoms with Crippen LogP contribution in [-0.4, -0.2) is 42.4 Å². The van der Waals surface area contributed by atoms with Gasteiger partial charge in [0.25, 0.3) is 0 Å². The number of hydrogen-bond acceptors (Lipinski definition) is 7. The number of primary amides is 1. The Bertz CT molecular complexity index is 1410. The van der Waals surface area contributed by atoms with Gasteiger partial charge in [-0.2, -0.15) is 0 Å². The summed E-state index contributed by atoms with van der Waals surface area (Å²) in [4.78, 5) is 44.1. The second-order valence-corrected chi connectivity index (χ2v) is 11.9. The number of cyclic esters (lactones) is 1. The van der Waals surface area contributed by atoms with E-state index in [2.05, 4.69) is 12.1 Å². The fraction of sp³-hybridized carbons (Fsp3) is 0.455. The minimum atomic E-state index is -0.910. The molecule has 0 spiro atoms. The van der Waals surface area contributed by atoms with Crippen molar-refractivity contribution in [2.45, 2.75) is 78.9 Å². The fourth-order valence-electron chi connectivity index (χ4n) is 5.89. The molecule has 2 aromatic carbocycles. The number of nitrogens with two attached hydrogens (primary N) is 1. The smallest absolute Gasteiger partial charge is 0.337 e. The quantitative estimate of drug-likeness (QED) is 0.448. The molecule has 2 aliphatic rings. The van der Waals surface area contributed by atoms with Crippen molar-refractivity contribution in [2.24, 2.45) is 16.6 Å². The summed E-state index contributed by atoms with van der Waals surface area (Å²) >= 11 is 0. The summed E-state index contributed by atoms with van der Waals surface area (Å²) in [5.41, 5.74) is 11.9. The molecular formula is C33H40N2O6. The summed E-state index contributed by atoms with van der Waals surface area (Å²) < 4.78 is 17.7. The number of aryl methyl sites for hydroxylation is 3. The lowest BCUT2D eigenvalue weighted by Gasteiger charge is -2.38. The fourth-order valence-corrected chi connectivity index (χ4v) is 5.89. The molecule has 3 atom stereocenters. The van der Waals surface area contributed by atoms with E-state index < -0.39 is 41.4 Å². The van der Waals surface area contributed by atoms with Crippen molar-refractivity contribution >= 4 is 23.6 Å². The van der Waals surface area contributed by atoms with Crippen LogP contribution in [-0.2, 0) is 35.0 Å². The largest absolute Gasteiger partial charge is 0.465 e. The van der Waals surface area contributed by atoms with Gasteiger partial charge in [0.05, 0.1) is 42.2 Å². The van der Waals surface area contributed by atoms with E-state index in [1.165, 1.54) is 0 Å². The van der Waals surface area contributed by atoms with Gasteiger partial charge >= 0.3 is 11.9 Å². The SMILES string of the molecule is CCOC(=O)C1C(COC(C)(C)C)=NC2=C(C(=O)OC(c3c(C)cc(C)cc3C)C2)C1c1cccc(CC(N)=O)c1. The van der Waals surface area contributed by atoms with Crippen LogP contribution in [0.4, 0.5) is 0 Å². The van der Waals surface area contributed by atoms with Gasteiger partial charge < -0.3 is 19.9 Å². The van der Waals surface area contributed by atoms with E-state index in [0.29, 0.717) is 34.5 Å². The third-order valence-electron chi connectivity index (χ3n) is 7.38. The number of amides is 1. The second-order valence-electron chi connectivity index (χ2n) is 11.9. The number of aliphatic imine (C=N–C) groups is 1. The molecule has 41 heavy (non-hydrogen) atoms. The molecule has 0 aromatic heterocycles. The number of esters is 2. The van der Waals surface area contributed by atoms with Crippen molar-refractivity contribution in [1.29, 1.82) is 0 Å². The van der Waals surface area contributed by atoms with Crippen molar-refractivity contribution in [3.8, 4) is 0 Å². The Hall–Kier alpha value is -3.78. The maximum Gasteiger partial charge on any atom is 0.337 e. The number of hydrogen-bond donors (Lipinski definition) is 1. The van der Waals surface area contributed by atoms with Gasteiger partial charge in [0.15, 0.2) is 0 Å². The standard InChI is InChI=1S/C33H40N2O6/c1-8-39-31(37)30-24(17-40-33(5,6)7)35-23-16-25(27-19(3)12-18(2)13-20(27)4)41-32(38)29(23)28(30)22-11-9-10-21(14-22)15-26(34)36/h9-14,25,28,30H,8,15-17H2,1-7H3,(H2,34,36). The van der Waals surface area contributed by atoms with Gasteiger partial charge in [0.2, 0.25) is 5.91 Å². The van der Waals surface area contributed by atoms with Crippen molar-refractivity contribution in [3.63, 3.8) is 0 Å². The molecule has 2 heterocycles. The third kappa shape index (κ3) is 6.76. The highest BCUT2D eigenvalue weighted by Crippen LogP contribution is 2.47. The van der Waals surface area contributed by atoms with Crippen molar-refractivity contribution in [3.05, 3.63) is 81.0 Å². The van der Waals surface area contributed by atoms with Crippen LogP contribution in [0.15, 0.2) is 52.7 Å². The molecule has 8 heteroatoms. The molecule has 2 aromatic rings.